The predicted molar refractivity (Wildman–Crippen MR) is 89.5 cm³/mol. The normalized spacial score (nSPS) is 14.9. The molecule has 1 aliphatic rings. The first-order chi connectivity index (χ1) is 12.4. The molecule has 1 aromatic rings. The molecule has 1 saturated carbocycles. The van der Waals surface area contributed by atoms with Crippen LogP contribution in [0.4, 0.5) is 5.69 Å². The highest BCUT2D eigenvalue weighted by Crippen LogP contribution is 2.29. The molecule has 0 saturated heterocycles. The fourth-order valence-corrected chi connectivity index (χ4v) is 2.83. The van der Waals surface area contributed by atoms with Crippen molar-refractivity contribution in [1.82, 2.24) is 5.32 Å². The number of hydrogen-bond acceptors (Lipinski definition) is 7. The number of carbonyl (C=O) groups is 2. The molecule has 0 aromatic heterocycles. The van der Waals surface area contributed by atoms with E-state index in [0.717, 1.165) is 18.9 Å². The zero-order chi connectivity index (χ0) is 19.2. The molecular formula is C17H19N3O6. The van der Waals surface area contributed by atoms with Gasteiger partial charge in [0.2, 0.25) is 0 Å². The van der Waals surface area contributed by atoms with E-state index in [4.69, 9.17) is 9.47 Å². The molecule has 0 spiro atoms. The molecule has 0 radical (unpaired) electrons. The first kappa shape index (κ1) is 19.2. The number of nitriles is 1. The molecule has 0 bridgehead atoms. The molecule has 138 valence electrons. The van der Waals surface area contributed by atoms with Crippen molar-refractivity contribution in [2.45, 2.75) is 38.1 Å². The van der Waals surface area contributed by atoms with E-state index >= 15 is 0 Å². The predicted octanol–water partition coefficient (Wildman–Crippen LogP) is 2.10. The van der Waals surface area contributed by atoms with Gasteiger partial charge in [-0.25, -0.2) is 4.79 Å². The van der Waals surface area contributed by atoms with Crippen LogP contribution in [0.2, 0.25) is 0 Å². The number of nitro benzene ring substituents is 1. The summed E-state index contributed by atoms with van der Waals surface area (Å²) in [5.74, 6) is -1.41. The molecule has 9 heteroatoms. The SMILES string of the molecule is CCOc1ccc(C(=O)OCC(=O)NC2(C#N)CCCC2)cc1[N+](=O)[O-]. The minimum Gasteiger partial charge on any atom is -0.487 e. The maximum atomic E-state index is 12.0. The Morgan fingerprint density at radius 2 is 2.08 bits per heavy atom. The summed E-state index contributed by atoms with van der Waals surface area (Å²) < 4.78 is 10.0. The number of nitro groups is 1. The molecule has 2 rings (SSSR count). The minimum atomic E-state index is -0.901. The number of nitrogens with one attached hydrogen (secondary N) is 1. The molecular weight excluding hydrogens is 342 g/mol. The van der Waals surface area contributed by atoms with Crippen LogP contribution in [0.15, 0.2) is 18.2 Å². The smallest absolute Gasteiger partial charge is 0.338 e. The van der Waals surface area contributed by atoms with Gasteiger partial charge >= 0.3 is 11.7 Å². The Morgan fingerprint density at radius 1 is 1.38 bits per heavy atom. The Balaban J connectivity index is 1.99. The molecule has 1 aromatic carbocycles. The lowest BCUT2D eigenvalue weighted by molar-refractivity contribution is -0.385. The highest BCUT2D eigenvalue weighted by Gasteiger charge is 2.35. The molecule has 1 fully saturated rings. The van der Waals surface area contributed by atoms with Crippen LogP contribution >= 0.6 is 0 Å². The van der Waals surface area contributed by atoms with E-state index in [-0.39, 0.29) is 23.6 Å². The number of amides is 1. The van der Waals surface area contributed by atoms with E-state index in [1.807, 2.05) is 0 Å². The third-order valence-electron chi connectivity index (χ3n) is 4.08. The maximum Gasteiger partial charge on any atom is 0.338 e. The van der Waals surface area contributed by atoms with Crippen molar-refractivity contribution in [1.29, 1.82) is 5.26 Å². The second-order valence-electron chi connectivity index (χ2n) is 5.90. The van der Waals surface area contributed by atoms with E-state index < -0.39 is 28.9 Å². The maximum absolute atomic E-state index is 12.0. The largest absolute Gasteiger partial charge is 0.487 e. The van der Waals surface area contributed by atoms with Gasteiger partial charge in [0.15, 0.2) is 12.4 Å². The summed E-state index contributed by atoms with van der Waals surface area (Å²) in [6, 6.07) is 5.78. The van der Waals surface area contributed by atoms with Gasteiger partial charge in [-0.05, 0) is 44.7 Å². The summed E-state index contributed by atoms with van der Waals surface area (Å²) in [4.78, 5) is 34.4. The van der Waals surface area contributed by atoms with Gasteiger partial charge in [-0.2, -0.15) is 5.26 Å². The summed E-state index contributed by atoms with van der Waals surface area (Å²) in [5, 5.41) is 22.9. The topological polar surface area (TPSA) is 132 Å². The monoisotopic (exact) mass is 361 g/mol. The quantitative estimate of drug-likeness (QED) is 0.447. The molecule has 9 nitrogen and oxygen atoms in total. The summed E-state index contributed by atoms with van der Waals surface area (Å²) in [7, 11) is 0. The zero-order valence-electron chi connectivity index (χ0n) is 14.3. The Hall–Kier alpha value is -3.15. The van der Waals surface area contributed by atoms with E-state index in [1.165, 1.54) is 12.1 Å². The average molecular weight is 361 g/mol. The van der Waals surface area contributed by atoms with E-state index in [0.29, 0.717) is 12.8 Å². The van der Waals surface area contributed by atoms with Crippen molar-refractivity contribution >= 4 is 17.6 Å². The van der Waals surface area contributed by atoms with Gasteiger partial charge in [0.25, 0.3) is 5.91 Å². The van der Waals surface area contributed by atoms with Crippen LogP contribution in [-0.2, 0) is 9.53 Å². The fraction of sp³-hybridized carbons (Fsp3) is 0.471. The van der Waals surface area contributed by atoms with Crippen LogP contribution in [0, 0.1) is 21.4 Å². The highest BCUT2D eigenvalue weighted by atomic mass is 16.6. The average Bonchev–Trinajstić information content (AvgIpc) is 3.09. The summed E-state index contributed by atoms with van der Waals surface area (Å²) in [5.41, 5.74) is -1.33. The first-order valence-electron chi connectivity index (χ1n) is 8.21. The Bertz CT molecular complexity index is 749. The molecule has 0 heterocycles. The second-order valence-corrected chi connectivity index (χ2v) is 5.90. The summed E-state index contributed by atoms with van der Waals surface area (Å²) in [6.07, 6.45) is 2.83. The Labute approximate surface area is 150 Å². The second kappa shape index (κ2) is 8.29. The van der Waals surface area contributed by atoms with Gasteiger partial charge in [0.05, 0.1) is 23.2 Å². The number of ether oxygens (including phenoxy) is 2. The number of nitrogens with zero attached hydrogens (tertiary/aromatic N) is 2. The lowest BCUT2D eigenvalue weighted by Crippen LogP contribution is -2.46. The third kappa shape index (κ3) is 4.47. The van der Waals surface area contributed by atoms with Crippen LogP contribution < -0.4 is 10.1 Å². The zero-order valence-corrected chi connectivity index (χ0v) is 14.3. The van der Waals surface area contributed by atoms with Gasteiger partial charge in [-0.1, -0.05) is 0 Å². The number of esters is 1. The van der Waals surface area contributed by atoms with Gasteiger partial charge < -0.3 is 14.8 Å². The van der Waals surface area contributed by atoms with Crippen molar-refractivity contribution in [3.05, 3.63) is 33.9 Å². The van der Waals surface area contributed by atoms with Crippen LogP contribution in [0.3, 0.4) is 0 Å². The first-order valence-corrected chi connectivity index (χ1v) is 8.21. The molecule has 1 amide bonds. The van der Waals surface area contributed by atoms with Crippen LogP contribution in [-0.4, -0.2) is 35.6 Å². The molecule has 0 unspecified atom stereocenters. The molecule has 26 heavy (non-hydrogen) atoms. The van der Waals surface area contributed by atoms with Crippen molar-refractivity contribution < 1.29 is 24.0 Å². The Kier molecular flexibility index (Phi) is 6.11. The van der Waals surface area contributed by atoms with Crippen LogP contribution in [0.5, 0.6) is 5.75 Å². The van der Waals surface area contributed by atoms with Crippen molar-refractivity contribution in [2.75, 3.05) is 13.2 Å². The molecule has 0 atom stereocenters. The molecule has 0 aliphatic heterocycles. The van der Waals surface area contributed by atoms with Gasteiger partial charge in [0.1, 0.15) is 5.54 Å². The number of hydrogen-bond donors (Lipinski definition) is 1. The van der Waals surface area contributed by atoms with E-state index in [9.17, 15) is 25.0 Å². The van der Waals surface area contributed by atoms with Gasteiger partial charge in [0, 0.05) is 6.07 Å². The van der Waals surface area contributed by atoms with Crippen molar-refractivity contribution in [2.24, 2.45) is 0 Å². The van der Waals surface area contributed by atoms with Crippen molar-refractivity contribution in [3.63, 3.8) is 0 Å². The number of rotatable bonds is 7. The van der Waals surface area contributed by atoms with Gasteiger partial charge in [-0.15, -0.1) is 0 Å². The standard InChI is InChI=1S/C17H19N3O6/c1-2-25-14-6-5-12(9-13(14)20(23)24)16(22)26-10-15(21)19-17(11-18)7-3-4-8-17/h5-6,9H,2-4,7-8,10H2,1H3,(H,19,21). The molecule has 1 aliphatic carbocycles. The summed E-state index contributed by atoms with van der Waals surface area (Å²) >= 11 is 0. The number of carbonyl (C=O) groups excluding carboxylic acids is 2. The lowest BCUT2D eigenvalue weighted by Gasteiger charge is -2.21. The number of benzene rings is 1. The lowest BCUT2D eigenvalue weighted by atomic mass is 10.00. The van der Waals surface area contributed by atoms with Gasteiger partial charge in [-0.3, -0.25) is 14.9 Å². The minimum absolute atomic E-state index is 0.0454. The van der Waals surface area contributed by atoms with Crippen LogP contribution in [0.25, 0.3) is 0 Å². The Morgan fingerprint density at radius 3 is 2.65 bits per heavy atom. The molecule has 1 N–H and O–H groups in total. The highest BCUT2D eigenvalue weighted by molar-refractivity contribution is 5.92. The summed E-state index contributed by atoms with van der Waals surface area (Å²) in [6.45, 7) is 1.36. The van der Waals surface area contributed by atoms with E-state index in [2.05, 4.69) is 11.4 Å². The van der Waals surface area contributed by atoms with Crippen molar-refractivity contribution in [3.8, 4) is 11.8 Å². The van der Waals surface area contributed by atoms with E-state index in [1.54, 1.807) is 6.92 Å². The third-order valence-corrected chi connectivity index (χ3v) is 4.08. The fourth-order valence-electron chi connectivity index (χ4n) is 2.83. The van der Waals surface area contributed by atoms with Crippen LogP contribution in [0.1, 0.15) is 43.0 Å².